The minimum Gasteiger partial charge on any atom is -0.493 e. The van der Waals surface area contributed by atoms with Gasteiger partial charge in [0.2, 0.25) is 10.0 Å². The van der Waals surface area contributed by atoms with E-state index in [4.69, 9.17) is 9.47 Å². The van der Waals surface area contributed by atoms with E-state index in [0.29, 0.717) is 17.1 Å². The van der Waals surface area contributed by atoms with E-state index in [1.807, 2.05) is 0 Å². The number of rotatable bonds is 4. The number of benzene rings is 1. The standard InChI is InChI=1S/C12H13BrN2O4S/c1-18-10-7-8(13)6-9(11(10)19-2)12-14-4-5-15(12)20(3,16)17/h4-7H,1-3H3. The van der Waals surface area contributed by atoms with Crippen LogP contribution in [0.4, 0.5) is 0 Å². The molecule has 0 spiro atoms. The molecule has 0 atom stereocenters. The van der Waals surface area contributed by atoms with Gasteiger partial charge in [-0.15, -0.1) is 0 Å². The Morgan fingerprint density at radius 2 is 1.95 bits per heavy atom. The third kappa shape index (κ3) is 2.66. The third-order valence-corrected chi connectivity index (χ3v) is 4.12. The first-order valence-electron chi connectivity index (χ1n) is 5.54. The van der Waals surface area contributed by atoms with Crippen molar-refractivity contribution in [2.75, 3.05) is 20.5 Å². The van der Waals surface area contributed by atoms with Crippen molar-refractivity contribution in [2.45, 2.75) is 0 Å². The van der Waals surface area contributed by atoms with Crippen molar-refractivity contribution in [2.24, 2.45) is 0 Å². The fourth-order valence-corrected chi connectivity index (χ4v) is 3.02. The molecule has 0 saturated carbocycles. The van der Waals surface area contributed by atoms with Crippen LogP contribution in [0.3, 0.4) is 0 Å². The lowest BCUT2D eigenvalue weighted by Crippen LogP contribution is -2.11. The summed E-state index contributed by atoms with van der Waals surface area (Å²) in [7, 11) is -0.453. The van der Waals surface area contributed by atoms with Crippen LogP contribution >= 0.6 is 15.9 Å². The summed E-state index contributed by atoms with van der Waals surface area (Å²) in [6.45, 7) is 0. The van der Waals surface area contributed by atoms with E-state index >= 15 is 0 Å². The van der Waals surface area contributed by atoms with Crippen molar-refractivity contribution in [3.05, 3.63) is 29.0 Å². The van der Waals surface area contributed by atoms with Crippen LogP contribution in [0.2, 0.25) is 0 Å². The predicted octanol–water partition coefficient (Wildman–Crippen LogP) is 2.14. The number of aromatic nitrogens is 2. The monoisotopic (exact) mass is 360 g/mol. The molecule has 0 amide bonds. The minimum absolute atomic E-state index is 0.268. The second kappa shape index (κ2) is 5.45. The van der Waals surface area contributed by atoms with E-state index in [1.165, 1.54) is 26.6 Å². The molecule has 0 radical (unpaired) electrons. The van der Waals surface area contributed by atoms with Crippen LogP contribution in [0.5, 0.6) is 11.5 Å². The lowest BCUT2D eigenvalue weighted by molar-refractivity contribution is 0.355. The summed E-state index contributed by atoms with van der Waals surface area (Å²) in [4.78, 5) is 4.11. The number of methoxy groups -OCH3 is 2. The van der Waals surface area contributed by atoms with Gasteiger partial charge < -0.3 is 9.47 Å². The van der Waals surface area contributed by atoms with Crippen LogP contribution in [0.1, 0.15) is 0 Å². The highest BCUT2D eigenvalue weighted by Gasteiger charge is 2.20. The fraction of sp³-hybridized carbons (Fsp3) is 0.250. The molecule has 0 bridgehead atoms. The normalized spacial score (nSPS) is 11.4. The molecule has 108 valence electrons. The second-order valence-corrected chi connectivity index (χ2v) is 6.77. The zero-order valence-corrected chi connectivity index (χ0v) is 13.5. The molecule has 8 heteroatoms. The van der Waals surface area contributed by atoms with E-state index in [0.717, 1.165) is 14.7 Å². The zero-order chi connectivity index (χ0) is 14.9. The van der Waals surface area contributed by atoms with Crippen molar-refractivity contribution < 1.29 is 17.9 Å². The molecule has 0 saturated heterocycles. The highest BCUT2D eigenvalue weighted by atomic mass is 79.9. The number of halogens is 1. The summed E-state index contributed by atoms with van der Waals surface area (Å²) < 4.78 is 35.9. The van der Waals surface area contributed by atoms with Crippen molar-refractivity contribution in [3.63, 3.8) is 0 Å². The Kier molecular flexibility index (Phi) is 4.05. The molecular formula is C12H13BrN2O4S. The largest absolute Gasteiger partial charge is 0.493 e. The average molecular weight is 361 g/mol. The number of imidazole rings is 1. The van der Waals surface area contributed by atoms with Crippen LogP contribution in [0, 0.1) is 0 Å². The number of nitrogens with zero attached hydrogens (tertiary/aromatic N) is 2. The molecule has 0 unspecified atom stereocenters. The Bertz CT molecular complexity index is 740. The van der Waals surface area contributed by atoms with Gasteiger partial charge in [0.05, 0.1) is 26.0 Å². The van der Waals surface area contributed by atoms with E-state index in [2.05, 4.69) is 20.9 Å². The molecule has 20 heavy (non-hydrogen) atoms. The van der Waals surface area contributed by atoms with Crippen LogP contribution < -0.4 is 9.47 Å². The summed E-state index contributed by atoms with van der Waals surface area (Å²) in [6.07, 6.45) is 3.92. The second-order valence-electron chi connectivity index (χ2n) is 4.00. The molecule has 0 fully saturated rings. The van der Waals surface area contributed by atoms with Gasteiger partial charge in [-0.2, -0.15) is 0 Å². The zero-order valence-electron chi connectivity index (χ0n) is 11.1. The van der Waals surface area contributed by atoms with Crippen LogP contribution in [0.15, 0.2) is 29.0 Å². The topological polar surface area (TPSA) is 70.4 Å². The van der Waals surface area contributed by atoms with Gasteiger partial charge >= 0.3 is 0 Å². The maximum atomic E-state index is 11.8. The molecular weight excluding hydrogens is 348 g/mol. The van der Waals surface area contributed by atoms with E-state index < -0.39 is 10.0 Å². The number of ether oxygens (including phenoxy) is 2. The first-order chi connectivity index (χ1) is 9.38. The van der Waals surface area contributed by atoms with Gasteiger partial charge in [-0.1, -0.05) is 15.9 Å². The third-order valence-electron chi connectivity index (χ3n) is 2.65. The maximum Gasteiger partial charge on any atom is 0.237 e. The average Bonchev–Trinajstić information content (AvgIpc) is 2.86. The molecule has 1 aromatic heterocycles. The van der Waals surface area contributed by atoms with Crippen LogP contribution in [-0.4, -0.2) is 37.8 Å². The van der Waals surface area contributed by atoms with Crippen LogP contribution in [-0.2, 0) is 10.0 Å². The molecule has 0 aliphatic rings. The summed E-state index contributed by atoms with van der Waals surface area (Å²) in [5, 5.41) is 0. The molecule has 1 heterocycles. The quantitative estimate of drug-likeness (QED) is 0.835. The number of hydrogen-bond acceptors (Lipinski definition) is 5. The lowest BCUT2D eigenvalue weighted by atomic mass is 10.1. The minimum atomic E-state index is -3.45. The van der Waals surface area contributed by atoms with Crippen molar-refractivity contribution in [3.8, 4) is 22.9 Å². The summed E-state index contributed by atoms with van der Waals surface area (Å²) >= 11 is 3.36. The first-order valence-corrected chi connectivity index (χ1v) is 8.18. The van der Waals surface area contributed by atoms with Crippen molar-refractivity contribution in [1.82, 2.24) is 8.96 Å². The van der Waals surface area contributed by atoms with Gasteiger partial charge in [0, 0.05) is 16.9 Å². The molecule has 0 N–H and O–H groups in total. The fourth-order valence-electron chi connectivity index (χ4n) is 1.84. The SMILES string of the molecule is COc1cc(Br)cc(-c2nccn2S(C)(=O)=O)c1OC. The predicted molar refractivity (Wildman–Crippen MR) is 78.7 cm³/mol. The smallest absolute Gasteiger partial charge is 0.237 e. The van der Waals surface area contributed by atoms with Gasteiger partial charge in [0.25, 0.3) is 0 Å². The van der Waals surface area contributed by atoms with Crippen molar-refractivity contribution >= 4 is 26.0 Å². The first kappa shape index (κ1) is 14.9. The Labute approximate surface area is 125 Å². The van der Waals surface area contributed by atoms with Crippen LogP contribution in [0.25, 0.3) is 11.4 Å². The Hall–Kier alpha value is -1.54. The molecule has 6 nitrogen and oxygen atoms in total. The molecule has 2 aromatic rings. The summed E-state index contributed by atoms with van der Waals surface area (Å²) in [6, 6.07) is 3.46. The highest BCUT2D eigenvalue weighted by molar-refractivity contribution is 9.10. The van der Waals surface area contributed by atoms with Gasteiger partial charge in [-0.3, -0.25) is 0 Å². The molecule has 0 aliphatic carbocycles. The Balaban J connectivity index is 2.77. The molecule has 0 aliphatic heterocycles. The Morgan fingerprint density at radius 3 is 2.50 bits per heavy atom. The Morgan fingerprint density at radius 1 is 1.25 bits per heavy atom. The lowest BCUT2D eigenvalue weighted by Gasteiger charge is -2.14. The number of hydrogen-bond donors (Lipinski definition) is 0. The summed E-state index contributed by atoms with van der Waals surface area (Å²) in [5.41, 5.74) is 0.522. The summed E-state index contributed by atoms with van der Waals surface area (Å²) in [5.74, 6) is 1.18. The van der Waals surface area contributed by atoms with Gasteiger partial charge in [0.15, 0.2) is 17.3 Å². The van der Waals surface area contributed by atoms with Crippen molar-refractivity contribution in [1.29, 1.82) is 0 Å². The highest BCUT2D eigenvalue weighted by Crippen LogP contribution is 2.40. The van der Waals surface area contributed by atoms with E-state index in [1.54, 1.807) is 12.1 Å². The maximum absolute atomic E-state index is 11.8. The van der Waals surface area contributed by atoms with E-state index in [9.17, 15) is 8.42 Å². The van der Waals surface area contributed by atoms with Gasteiger partial charge in [-0.25, -0.2) is 17.4 Å². The molecule has 2 rings (SSSR count). The van der Waals surface area contributed by atoms with E-state index in [-0.39, 0.29) is 5.82 Å². The molecule has 1 aromatic carbocycles. The van der Waals surface area contributed by atoms with Gasteiger partial charge in [-0.05, 0) is 12.1 Å². The van der Waals surface area contributed by atoms with Gasteiger partial charge in [0.1, 0.15) is 0 Å².